The number of fused-ring (bicyclic) bond motifs is 5. The normalized spacial score (nSPS) is 28.3. The van der Waals surface area contributed by atoms with Gasteiger partial charge < -0.3 is 10.1 Å². The summed E-state index contributed by atoms with van der Waals surface area (Å²) in [6.45, 7) is 2.17. The van der Waals surface area contributed by atoms with Crippen LogP contribution in [0.4, 0.5) is 8.78 Å². The first-order valence-electron chi connectivity index (χ1n) is 12.7. The van der Waals surface area contributed by atoms with Gasteiger partial charge in [0.05, 0.1) is 6.04 Å². The number of aromatic nitrogens is 1. The van der Waals surface area contributed by atoms with E-state index in [9.17, 15) is 4.79 Å². The average Bonchev–Trinajstić information content (AvgIpc) is 3.20. The Kier molecular flexibility index (Phi) is 5.52. The fourth-order valence-electron chi connectivity index (χ4n) is 6.99. The molecule has 6 heteroatoms. The van der Waals surface area contributed by atoms with Crippen LogP contribution in [0.25, 0.3) is 17.0 Å². The van der Waals surface area contributed by atoms with E-state index < -0.39 is 23.6 Å². The van der Waals surface area contributed by atoms with Gasteiger partial charge in [0.15, 0.2) is 0 Å². The molecule has 7 rings (SSSR count). The van der Waals surface area contributed by atoms with Gasteiger partial charge >= 0.3 is 5.97 Å². The van der Waals surface area contributed by atoms with Gasteiger partial charge in [0, 0.05) is 40.3 Å². The second-order valence-electron chi connectivity index (χ2n) is 10.5. The molecule has 1 aliphatic heterocycles. The Bertz CT molecular complexity index is 1300. The molecule has 2 N–H and O–H groups in total. The SMILES string of the molecule is CC[C@H]1Cc2c([nH]c3ccccc23)[C@H](c2c(F)cc(/C=C/C(=O)O)cc2F)N1C1CCC2CC1C2. The van der Waals surface area contributed by atoms with Gasteiger partial charge in [0.1, 0.15) is 11.6 Å². The van der Waals surface area contributed by atoms with Gasteiger partial charge in [-0.1, -0.05) is 25.1 Å². The van der Waals surface area contributed by atoms with Gasteiger partial charge in [0.25, 0.3) is 0 Å². The maximum Gasteiger partial charge on any atom is 0.328 e. The summed E-state index contributed by atoms with van der Waals surface area (Å²) in [5.74, 6) is -1.02. The number of nitrogens with one attached hydrogen (secondary N) is 1. The van der Waals surface area contributed by atoms with Crippen molar-refractivity contribution in [2.75, 3.05) is 0 Å². The van der Waals surface area contributed by atoms with E-state index in [4.69, 9.17) is 5.11 Å². The van der Waals surface area contributed by atoms with Gasteiger partial charge in [-0.3, -0.25) is 4.90 Å². The Balaban J connectivity index is 1.54. The Morgan fingerprint density at radius 1 is 1.17 bits per heavy atom. The molecule has 35 heavy (non-hydrogen) atoms. The van der Waals surface area contributed by atoms with Crippen LogP contribution < -0.4 is 0 Å². The number of hydrogen-bond donors (Lipinski definition) is 2. The lowest BCUT2D eigenvalue weighted by molar-refractivity contribution is -0.131. The summed E-state index contributed by atoms with van der Waals surface area (Å²) < 4.78 is 31.6. The van der Waals surface area contributed by atoms with Crippen molar-refractivity contribution in [1.29, 1.82) is 0 Å². The van der Waals surface area contributed by atoms with Crippen LogP contribution in [0.3, 0.4) is 0 Å². The van der Waals surface area contributed by atoms with Crippen molar-refractivity contribution in [2.24, 2.45) is 11.8 Å². The minimum atomic E-state index is -1.15. The van der Waals surface area contributed by atoms with Gasteiger partial charge in [-0.05, 0) is 85.8 Å². The summed E-state index contributed by atoms with van der Waals surface area (Å²) in [7, 11) is 0. The minimum Gasteiger partial charge on any atom is -0.478 e. The molecule has 1 aromatic heterocycles. The standard InChI is InChI=1S/C29H30F2N2O2/c1-2-19-15-21-20-5-3-4-6-24(20)32-28(21)29(33(19)25-9-7-16-11-18(25)12-16)27-22(30)13-17(14-23(27)31)8-10-26(34)35/h3-6,8,10,13-14,16,18-19,25,29,32H,2,7,9,11-12,15H2,1H3,(H,34,35)/b10-8+/t16?,18?,19-,25?,29-/m0/s1. The number of hydrogen-bond acceptors (Lipinski definition) is 2. The fraction of sp³-hybridized carbons (Fsp3) is 0.414. The van der Waals surface area contributed by atoms with E-state index in [0.717, 1.165) is 53.4 Å². The molecule has 3 aliphatic carbocycles. The molecular formula is C29H30F2N2O2. The highest BCUT2D eigenvalue weighted by atomic mass is 19.1. The predicted octanol–water partition coefficient (Wildman–Crippen LogP) is 6.46. The van der Waals surface area contributed by atoms with Crippen molar-refractivity contribution in [3.8, 4) is 0 Å². The second-order valence-corrected chi connectivity index (χ2v) is 10.5. The third-order valence-corrected chi connectivity index (χ3v) is 8.61. The van der Waals surface area contributed by atoms with Crippen LogP contribution in [0.15, 0.2) is 42.5 Å². The van der Waals surface area contributed by atoms with Crippen molar-refractivity contribution in [3.63, 3.8) is 0 Å². The quantitative estimate of drug-likeness (QED) is 0.416. The van der Waals surface area contributed by atoms with Crippen LogP contribution in [-0.2, 0) is 11.2 Å². The van der Waals surface area contributed by atoms with E-state index in [-0.39, 0.29) is 17.2 Å². The number of carbonyl (C=O) groups is 1. The number of carboxylic acids is 1. The van der Waals surface area contributed by atoms with Gasteiger partial charge in [-0.15, -0.1) is 0 Å². The minimum absolute atomic E-state index is 0.0601. The molecule has 3 atom stereocenters. The Morgan fingerprint density at radius 2 is 1.91 bits per heavy atom. The number of H-pyrrole nitrogens is 1. The van der Waals surface area contributed by atoms with E-state index in [2.05, 4.69) is 22.9 Å². The molecule has 4 nitrogen and oxygen atoms in total. The first-order valence-corrected chi connectivity index (χ1v) is 12.7. The summed E-state index contributed by atoms with van der Waals surface area (Å²) >= 11 is 0. The molecule has 0 spiro atoms. The van der Waals surface area contributed by atoms with Crippen molar-refractivity contribution < 1.29 is 18.7 Å². The highest BCUT2D eigenvalue weighted by molar-refractivity contribution is 5.86. The zero-order chi connectivity index (χ0) is 24.3. The number of benzene rings is 2. The largest absolute Gasteiger partial charge is 0.478 e. The van der Waals surface area contributed by atoms with E-state index >= 15 is 8.78 Å². The second kappa shape index (κ2) is 8.59. The summed E-state index contributed by atoms with van der Waals surface area (Å²) in [5.41, 5.74) is 3.31. The lowest BCUT2D eigenvalue weighted by Crippen LogP contribution is -2.57. The highest BCUT2D eigenvalue weighted by Crippen LogP contribution is 2.53. The van der Waals surface area contributed by atoms with Crippen LogP contribution in [0, 0.1) is 23.5 Å². The predicted molar refractivity (Wildman–Crippen MR) is 132 cm³/mol. The number of nitrogens with zero attached hydrogens (tertiary/aromatic N) is 1. The van der Waals surface area contributed by atoms with Gasteiger partial charge in [-0.25, -0.2) is 13.6 Å². The number of para-hydroxylation sites is 1. The number of aliphatic carboxylic acids is 1. The number of aromatic amines is 1. The summed E-state index contributed by atoms with van der Waals surface area (Å²) in [4.78, 5) is 16.9. The molecule has 182 valence electrons. The van der Waals surface area contributed by atoms with E-state index in [1.807, 2.05) is 18.2 Å². The van der Waals surface area contributed by atoms with Crippen LogP contribution in [0.5, 0.6) is 0 Å². The molecule has 4 aliphatic rings. The molecule has 2 heterocycles. The van der Waals surface area contributed by atoms with E-state index in [0.29, 0.717) is 12.0 Å². The van der Waals surface area contributed by atoms with Crippen molar-refractivity contribution >= 4 is 22.9 Å². The van der Waals surface area contributed by atoms with Crippen LogP contribution in [-0.4, -0.2) is 33.0 Å². The smallest absolute Gasteiger partial charge is 0.328 e. The molecular weight excluding hydrogens is 446 g/mol. The van der Waals surface area contributed by atoms with E-state index in [1.165, 1.54) is 37.5 Å². The average molecular weight is 477 g/mol. The number of halogens is 2. The first-order chi connectivity index (χ1) is 16.9. The summed E-state index contributed by atoms with van der Waals surface area (Å²) in [6.07, 6.45) is 8.59. The molecule has 1 unspecified atom stereocenters. The van der Waals surface area contributed by atoms with Gasteiger partial charge in [-0.2, -0.15) is 0 Å². The summed E-state index contributed by atoms with van der Waals surface area (Å²) in [6, 6.07) is 10.6. The molecule has 0 amide bonds. The first kappa shape index (κ1) is 22.5. The van der Waals surface area contributed by atoms with Crippen molar-refractivity contribution in [2.45, 2.75) is 63.6 Å². The number of carboxylic acid groups (broad SMARTS) is 1. The highest BCUT2D eigenvalue weighted by Gasteiger charge is 2.49. The van der Waals surface area contributed by atoms with Crippen LogP contribution >= 0.6 is 0 Å². The number of rotatable bonds is 5. The molecule has 2 aromatic carbocycles. The zero-order valence-corrected chi connectivity index (χ0v) is 19.8. The Morgan fingerprint density at radius 3 is 2.57 bits per heavy atom. The molecule has 3 aromatic rings. The van der Waals surface area contributed by atoms with Crippen LogP contribution in [0.2, 0.25) is 0 Å². The lowest BCUT2D eigenvalue weighted by Gasteiger charge is -2.56. The van der Waals surface area contributed by atoms with Gasteiger partial charge in [0.2, 0.25) is 0 Å². The fourth-order valence-corrected chi connectivity index (χ4v) is 6.99. The molecule has 0 saturated heterocycles. The maximum absolute atomic E-state index is 15.8. The van der Waals surface area contributed by atoms with Crippen molar-refractivity contribution in [3.05, 3.63) is 76.5 Å². The lowest BCUT2D eigenvalue weighted by atomic mass is 9.61. The topological polar surface area (TPSA) is 56.3 Å². The Hall–Kier alpha value is -2.99. The molecule has 3 saturated carbocycles. The third kappa shape index (κ3) is 3.70. The molecule has 3 fully saturated rings. The maximum atomic E-state index is 15.8. The third-order valence-electron chi connectivity index (χ3n) is 8.61. The molecule has 2 bridgehead atoms. The van der Waals surface area contributed by atoms with Crippen molar-refractivity contribution in [1.82, 2.24) is 9.88 Å². The Labute approximate surface area is 203 Å². The zero-order valence-electron chi connectivity index (χ0n) is 19.8. The monoisotopic (exact) mass is 476 g/mol. The molecule has 0 radical (unpaired) electrons. The summed E-state index contributed by atoms with van der Waals surface area (Å²) in [5, 5.41) is 10.1. The van der Waals surface area contributed by atoms with Crippen LogP contribution in [0.1, 0.15) is 67.5 Å². The van der Waals surface area contributed by atoms with E-state index in [1.54, 1.807) is 0 Å².